The van der Waals surface area contributed by atoms with E-state index in [1.807, 2.05) is 32.9 Å². The van der Waals surface area contributed by atoms with Crippen LogP contribution < -0.4 is 5.32 Å². The van der Waals surface area contributed by atoms with Gasteiger partial charge in [0.2, 0.25) is 5.91 Å². The Morgan fingerprint density at radius 1 is 1.14 bits per heavy atom. The van der Waals surface area contributed by atoms with Crippen LogP contribution in [0.3, 0.4) is 0 Å². The number of benzene rings is 1. The Bertz CT molecular complexity index is 699. The first-order valence-corrected chi connectivity index (χ1v) is 11.4. The standard InChI is InChI=1S/C21H29ClN2O3S/c1-21(2,3)27-20(26)24-17(18(25)23-16-7-5-4-6-8-16)13-28-19(24)14-9-11-15(22)12-10-14/h9-12,16-17,19H,4-8,13H2,1-3H3,(H,23,25). The van der Waals surface area contributed by atoms with Crippen LogP contribution in [0, 0.1) is 0 Å². The first kappa shape index (κ1) is 21.3. The lowest BCUT2D eigenvalue weighted by molar-refractivity contribution is -0.126. The molecule has 0 aromatic heterocycles. The number of ether oxygens (including phenoxy) is 1. The van der Waals surface area contributed by atoms with E-state index >= 15 is 0 Å². The van der Waals surface area contributed by atoms with E-state index in [1.165, 1.54) is 6.42 Å². The molecule has 1 saturated heterocycles. The van der Waals surface area contributed by atoms with Crippen molar-refractivity contribution in [3.63, 3.8) is 0 Å². The molecule has 1 aliphatic heterocycles. The average Bonchev–Trinajstić information content (AvgIpc) is 3.07. The first-order valence-electron chi connectivity index (χ1n) is 9.93. The van der Waals surface area contributed by atoms with Crippen molar-refractivity contribution >= 4 is 35.4 Å². The summed E-state index contributed by atoms with van der Waals surface area (Å²) >= 11 is 7.60. The van der Waals surface area contributed by atoms with Gasteiger partial charge in [0.1, 0.15) is 17.0 Å². The average molecular weight is 425 g/mol. The molecule has 1 heterocycles. The number of amides is 2. The Labute approximate surface area is 176 Å². The van der Waals surface area contributed by atoms with E-state index in [1.54, 1.807) is 28.8 Å². The number of hydrogen-bond donors (Lipinski definition) is 1. The summed E-state index contributed by atoms with van der Waals surface area (Å²) in [6, 6.07) is 7.08. The molecule has 7 heteroatoms. The molecule has 1 saturated carbocycles. The molecule has 2 unspecified atom stereocenters. The third-order valence-electron chi connectivity index (χ3n) is 5.01. The number of carbonyl (C=O) groups excluding carboxylic acids is 2. The Morgan fingerprint density at radius 3 is 2.39 bits per heavy atom. The third kappa shape index (κ3) is 5.35. The van der Waals surface area contributed by atoms with Crippen molar-refractivity contribution in [2.45, 2.75) is 75.9 Å². The normalized spacial score (nSPS) is 23.5. The fraction of sp³-hybridized carbons (Fsp3) is 0.619. The molecular weight excluding hydrogens is 396 g/mol. The van der Waals surface area contributed by atoms with E-state index in [-0.39, 0.29) is 17.3 Å². The Balaban J connectivity index is 1.80. The van der Waals surface area contributed by atoms with E-state index in [4.69, 9.17) is 16.3 Å². The van der Waals surface area contributed by atoms with Crippen molar-refractivity contribution in [3.8, 4) is 0 Å². The molecule has 2 fully saturated rings. The van der Waals surface area contributed by atoms with Crippen molar-refractivity contribution < 1.29 is 14.3 Å². The molecule has 2 amide bonds. The van der Waals surface area contributed by atoms with Crippen LogP contribution in [0.5, 0.6) is 0 Å². The molecular formula is C21H29ClN2O3S. The van der Waals surface area contributed by atoms with Gasteiger partial charge >= 0.3 is 6.09 Å². The van der Waals surface area contributed by atoms with Crippen LogP contribution in [0.15, 0.2) is 24.3 Å². The summed E-state index contributed by atoms with van der Waals surface area (Å²) in [5.74, 6) is 0.465. The van der Waals surface area contributed by atoms with E-state index in [0.717, 1.165) is 31.2 Å². The fourth-order valence-corrected chi connectivity index (χ4v) is 5.22. The molecule has 28 heavy (non-hydrogen) atoms. The van der Waals surface area contributed by atoms with Gasteiger partial charge in [-0.2, -0.15) is 0 Å². The van der Waals surface area contributed by atoms with Crippen molar-refractivity contribution in [2.24, 2.45) is 0 Å². The van der Waals surface area contributed by atoms with Crippen molar-refractivity contribution in [2.75, 3.05) is 5.75 Å². The molecule has 2 aliphatic rings. The molecule has 154 valence electrons. The topological polar surface area (TPSA) is 58.6 Å². The maximum atomic E-state index is 13.0. The molecule has 3 rings (SSSR count). The summed E-state index contributed by atoms with van der Waals surface area (Å²) in [5.41, 5.74) is 0.312. The van der Waals surface area contributed by atoms with Gasteiger partial charge in [0.25, 0.3) is 0 Å². The van der Waals surface area contributed by atoms with Crippen LogP contribution in [0.1, 0.15) is 63.8 Å². The highest BCUT2D eigenvalue weighted by molar-refractivity contribution is 7.99. The summed E-state index contributed by atoms with van der Waals surface area (Å²) in [5, 5.41) is 3.54. The zero-order valence-corrected chi connectivity index (χ0v) is 18.3. The van der Waals surface area contributed by atoms with Gasteiger partial charge in [0, 0.05) is 16.8 Å². The molecule has 0 radical (unpaired) electrons. The number of nitrogens with one attached hydrogen (secondary N) is 1. The van der Waals surface area contributed by atoms with Crippen LogP contribution >= 0.6 is 23.4 Å². The number of thioether (sulfide) groups is 1. The summed E-state index contributed by atoms with van der Waals surface area (Å²) in [7, 11) is 0. The van der Waals surface area contributed by atoms with Gasteiger partial charge in [0.05, 0.1) is 0 Å². The Kier molecular flexibility index (Phi) is 6.81. The highest BCUT2D eigenvalue weighted by Gasteiger charge is 2.44. The van der Waals surface area contributed by atoms with Gasteiger partial charge in [-0.3, -0.25) is 9.69 Å². The third-order valence-corrected chi connectivity index (χ3v) is 6.59. The Hall–Kier alpha value is -1.40. The van der Waals surface area contributed by atoms with E-state index < -0.39 is 17.7 Å². The smallest absolute Gasteiger partial charge is 0.412 e. The highest BCUT2D eigenvalue weighted by Crippen LogP contribution is 2.42. The molecule has 5 nitrogen and oxygen atoms in total. The fourth-order valence-electron chi connectivity index (χ4n) is 3.67. The van der Waals surface area contributed by atoms with Gasteiger partial charge in [-0.1, -0.05) is 43.0 Å². The number of halogens is 1. The van der Waals surface area contributed by atoms with Gasteiger partial charge < -0.3 is 10.1 Å². The lowest BCUT2D eigenvalue weighted by atomic mass is 9.95. The van der Waals surface area contributed by atoms with Gasteiger partial charge in [-0.25, -0.2) is 4.79 Å². The summed E-state index contributed by atoms with van der Waals surface area (Å²) in [6.07, 6.45) is 5.09. The van der Waals surface area contributed by atoms with Gasteiger partial charge in [-0.05, 0) is 51.3 Å². The van der Waals surface area contributed by atoms with Crippen LogP contribution in [-0.4, -0.2) is 40.3 Å². The number of rotatable bonds is 3. The van der Waals surface area contributed by atoms with Gasteiger partial charge in [-0.15, -0.1) is 11.8 Å². The van der Waals surface area contributed by atoms with Crippen LogP contribution in [0.25, 0.3) is 0 Å². The minimum absolute atomic E-state index is 0.0817. The first-order chi connectivity index (χ1) is 13.2. The van der Waals surface area contributed by atoms with Crippen molar-refractivity contribution in [1.82, 2.24) is 10.2 Å². The maximum Gasteiger partial charge on any atom is 0.412 e. The minimum Gasteiger partial charge on any atom is -0.444 e. The van der Waals surface area contributed by atoms with E-state index in [9.17, 15) is 9.59 Å². The molecule has 1 N–H and O–H groups in total. The van der Waals surface area contributed by atoms with E-state index in [2.05, 4.69) is 5.32 Å². The molecule has 2 atom stereocenters. The predicted molar refractivity (Wildman–Crippen MR) is 114 cm³/mol. The van der Waals surface area contributed by atoms with Crippen LogP contribution in [0.2, 0.25) is 5.02 Å². The lowest BCUT2D eigenvalue weighted by Gasteiger charge is -2.32. The lowest BCUT2D eigenvalue weighted by Crippen LogP contribution is -2.51. The number of nitrogens with zero attached hydrogens (tertiary/aromatic N) is 1. The monoisotopic (exact) mass is 424 g/mol. The second-order valence-electron chi connectivity index (χ2n) is 8.48. The molecule has 0 bridgehead atoms. The second-order valence-corrected chi connectivity index (χ2v) is 10.0. The molecule has 1 aliphatic carbocycles. The number of carbonyl (C=O) groups is 2. The summed E-state index contributed by atoms with van der Waals surface area (Å²) < 4.78 is 5.64. The Morgan fingerprint density at radius 2 is 1.79 bits per heavy atom. The van der Waals surface area contributed by atoms with Gasteiger partial charge in [0.15, 0.2) is 0 Å². The summed E-state index contributed by atoms with van der Waals surface area (Å²) in [6.45, 7) is 5.51. The zero-order valence-electron chi connectivity index (χ0n) is 16.7. The SMILES string of the molecule is CC(C)(C)OC(=O)N1C(C(=O)NC2CCCCC2)CSC1c1ccc(Cl)cc1. The van der Waals surface area contributed by atoms with Crippen molar-refractivity contribution in [3.05, 3.63) is 34.9 Å². The molecule has 1 aromatic rings. The second kappa shape index (κ2) is 8.95. The minimum atomic E-state index is -0.626. The predicted octanol–water partition coefficient (Wildman–Crippen LogP) is 5.14. The van der Waals surface area contributed by atoms with E-state index in [0.29, 0.717) is 10.8 Å². The largest absolute Gasteiger partial charge is 0.444 e. The van der Waals surface area contributed by atoms with Crippen LogP contribution in [0.4, 0.5) is 4.79 Å². The molecule has 1 aromatic carbocycles. The zero-order chi connectivity index (χ0) is 20.3. The number of hydrogen-bond acceptors (Lipinski definition) is 4. The quantitative estimate of drug-likeness (QED) is 0.729. The maximum absolute atomic E-state index is 13.0. The van der Waals surface area contributed by atoms with Crippen molar-refractivity contribution in [1.29, 1.82) is 0 Å². The van der Waals surface area contributed by atoms with Crippen LogP contribution in [-0.2, 0) is 9.53 Å². The molecule has 0 spiro atoms. The summed E-state index contributed by atoms with van der Waals surface area (Å²) in [4.78, 5) is 27.6. The highest BCUT2D eigenvalue weighted by atomic mass is 35.5.